The number of benzene rings is 1. The van der Waals surface area contributed by atoms with Crippen LogP contribution < -0.4 is 4.90 Å². The fourth-order valence-corrected chi connectivity index (χ4v) is 2.33. The van der Waals surface area contributed by atoms with Crippen LogP contribution in [0.2, 0.25) is 0 Å². The third-order valence-corrected chi connectivity index (χ3v) is 3.18. The van der Waals surface area contributed by atoms with Crippen LogP contribution in [-0.2, 0) is 0 Å². The van der Waals surface area contributed by atoms with E-state index < -0.39 is 6.09 Å². The minimum absolute atomic E-state index is 0.147. The van der Waals surface area contributed by atoms with Gasteiger partial charge in [0.25, 0.3) is 0 Å². The predicted molar refractivity (Wildman–Crippen MR) is 64.0 cm³/mol. The summed E-state index contributed by atoms with van der Waals surface area (Å²) in [5.74, 6) is -0.486. The van der Waals surface area contributed by atoms with E-state index >= 15 is 0 Å². The van der Waals surface area contributed by atoms with Crippen LogP contribution in [0.3, 0.4) is 0 Å². The van der Waals surface area contributed by atoms with Gasteiger partial charge in [0.05, 0.1) is 10.1 Å². The molecule has 0 saturated heterocycles. The van der Waals surface area contributed by atoms with Gasteiger partial charge in [0.1, 0.15) is 0 Å². The SMILES string of the molecule is CCN(C(=O)O)c1nsc2ccc(O)c(O)c12. The van der Waals surface area contributed by atoms with Crippen LogP contribution in [0.4, 0.5) is 10.6 Å². The first-order valence-electron chi connectivity index (χ1n) is 4.87. The lowest BCUT2D eigenvalue weighted by atomic mass is 10.2. The zero-order valence-electron chi connectivity index (χ0n) is 8.91. The molecule has 0 radical (unpaired) electrons. The van der Waals surface area contributed by atoms with Gasteiger partial charge >= 0.3 is 6.09 Å². The maximum Gasteiger partial charge on any atom is 0.413 e. The van der Waals surface area contributed by atoms with Gasteiger partial charge in [-0.25, -0.2) is 4.79 Å². The second-order valence-corrected chi connectivity index (χ2v) is 4.14. The number of phenols is 2. The number of aromatic nitrogens is 1. The van der Waals surface area contributed by atoms with Gasteiger partial charge in [-0.1, -0.05) is 0 Å². The molecule has 3 N–H and O–H groups in total. The molecule has 2 aromatic rings. The number of anilines is 1. The Balaban J connectivity index is 2.70. The first-order chi connectivity index (χ1) is 8.06. The fourth-order valence-electron chi connectivity index (χ4n) is 1.55. The number of nitrogens with zero attached hydrogens (tertiary/aromatic N) is 2. The summed E-state index contributed by atoms with van der Waals surface area (Å²) in [4.78, 5) is 12.0. The second-order valence-electron chi connectivity index (χ2n) is 3.34. The number of hydrogen-bond donors (Lipinski definition) is 3. The summed E-state index contributed by atoms with van der Waals surface area (Å²) < 4.78 is 4.63. The second kappa shape index (κ2) is 4.10. The largest absolute Gasteiger partial charge is 0.504 e. The normalized spacial score (nSPS) is 10.6. The summed E-state index contributed by atoms with van der Waals surface area (Å²) in [5.41, 5.74) is 0. The maximum atomic E-state index is 11.0. The number of hydrogen-bond acceptors (Lipinski definition) is 5. The number of aromatic hydroxyl groups is 2. The quantitative estimate of drug-likeness (QED) is 0.714. The van der Waals surface area contributed by atoms with E-state index in [1.807, 2.05) is 0 Å². The van der Waals surface area contributed by atoms with Crippen molar-refractivity contribution in [3.8, 4) is 11.5 Å². The highest BCUT2D eigenvalue weighted by Crippen LogP contribution is 2.41. The number of rotatable bonds is 2. The molecule has 0 bridgehead atoms. The Morgan fingerprint density at radius 3 is 2.76 bits per heavy atom. The molecule has 0 atom stereocenters. The molecule has 1 heterocycles. The van der Waals surface area contributed by atoms with E-state index in [0.29, 0.717) is 4.70 Å². The lowest BCUT2D eigenvalue weighted by Crippen LogP contribution is -2.29. The number of amides is 1. The van der Waals surface area contributed by atoms with Crippen LogP contribution in [0.5, 0.6) is 11.5 Å². The van der Waals surface area contributed by atoms with Crippen LogP contribution in [-0.4, -0.2) is 32.3 Å². The summed E-state index contributed by atoms with van der Waals surface area (Å²) in [7, 11) is 0. The number of phenolic OH excluding ortho intramolecular Hbond substituents is 2. The molecular formula is C10H10N2O4S. The van der Waals surface area contributed by atoms with Crippen LogP contribution in [0.25, 0.3) is 10.1 Å². The van der Waals surface area contributed by atoms with E-state index in [1.165, 1.54) is 6.07 Å². The van der Waals surface area contributed by atoms with Gasteiger partial charge in [0.2, 0.25) is 0 Å². The zero-order chi connectivity index (χ0) is 12.6. The highest BCUT2D eigenvalue weighted by molar-refractivity contribution is 7.13. The molecule has 0 aliphatic rings. The molecule has 0 aliphatic carbocycles. The Morgan fingerprint density at radius 1 is 1.47 bits per heavy atom. The van der Waals surface area contributed by atoms with E-state index in [1.54, 1.807) is 13.0 Å². The van der Waals surface area contributed by atoms with Crippen LogP contribution in [0, 0.1) is 0 Å². The Bertz CT molecular complexity index is 581. The molecule has 2 rings (SSSR count). The van der Waals surface area contributed by atoms with Crippen molar-refractivity contribution in [3.63, 3.8) is 0 Å². The molecule has 0 saturated carbocycles. The van der Waals surface area contributed by atoms with Crippen molar-refractivity contribution in [1.29, 1.82) is 0 Å². The van der Waals surface area contributed by atoms with E-state index in [0.717, 1.165) is 16.4 Å². The monoisotopic (exact) mass is 254 g/mol. The van der Waals surface area contributed by atoms with E-state index in [4.69, 9.17) is 5.11 Å². The highest BCUT2D eigenvalue weighted by atomic mass is 32.1. The van der Waals surface area contributed by atoms with Crippen LogP contribution in [0.15, 0.2) is 12.1 Å². The fraction of sp³-hybridized carbons (Fsp3) is 0.200. The lowest BCUT2D eigenvalue weighted by Gasteiger charge is -2.14. The first-order valence-corrected chi connectivity index (χ1v) is 5.64. The van der Waals surface area contributed by atoms with Crippen LogP contribution in [0.1, 0.15) is 6.92 Å². The molecule has 90 valence electrons. The summed E-state index contributed by atoms with van der Waals surface area (Å²) >= 11 is 1.07. The van der Waals surface area contributed by atoms with Crippen molar-refractivity contribution >= 4 is 33.5 Å². The van der Waals surface area contributed by atoms with Crippen LogP contribution >= 0.6 is 11.5 Å². The van der Waals surface area contributed by atoms with Gasteiger partial charge in [-0.15, -0.1) is 0 Å². The molecule has 7 heteroatoms. The third kappa shape index (κ3) is 1.74. The van der Waals surface area contributed by atoms with Gasteiger partial charge < -0.3 is 15.3 Å². The molecule has 17 heavy (non-hydrogen) atoms. The maximum absolute atomic E-state index is 11.0. The minimum Gasteiger partial charge on any atom is -0.504 e. The zero-order valence-corrected chi connectivity index (χ0v) is 9.73. The molecule has 1 aromatic heterocycles. The smallest absolute Gasteiger partial charge is 0.413 e. The van der Waals surface area contributed by atoms with Crippen molar-refractivity contribution in [2.75, 3.05) is 11.4 Å². The first kappa shape index (κ1) is 11.5. The standard InChI is InChI=1S/C10H10N2O4S/c1-2-12(10(15)16)9-7-6(17-11-9)4-3-5(13)8(7)14/h3-4,13-14H,2H2,1H3,(H,15,16). The van der Waals surface area contributed by atoms with E-state index in [2.05, 4.69) is 4.37 Å². The Hall–Kier alpha value is -2.02. The molecule has 0 unspecified atom stereocenters. The van der Waals surface area contributed by atoms with Crippen molar-refractivity contribution in [2.45, 2.75) is 6.92 Å². The summed E-state index contributed by atoms with van der Waals surface area (Å²) in [6.45, 7) is 1.88. The molecule has 6 nitrogen and oxygen atoms in total. The Morgan fingerprint density at radius 2 is 2.18 bits per heavy atom. The summed E-state index contributed by atoms with van der Waals surface area (Å²) in [6, 6.07) is 2.93. The topological polar surface area (TPSA) is 93.9 Å². The number of carboxylic acid groups (broad SMARTS) is 1. The average molecular weight is 254 g/mol. The molecule has 1 amide bonds. The highest BCUT2D eigenvalue weighted by Gasteiger charge is 2.21. The number of carbonyl (C=O) groups is 1. The van der Waals surface area contributed by atoms with E-state index in [9.17, 15) is 15.0 Å². The van der Waals surface area contributed by atoms with Gasteiger partial charge in [-0.2, -0.15) is 4.37 Å². The molecule has 0 fully saturated rings. The Labute approximate surface area is 101 Å². The van der Waals surface area contributed by atoms with Gasteiger partial charge in [0, 0.05) is 6.54 Å². The molecule has 0 spiro atoms. The third-order valence-electron chi connectivity index (χ3n) is 2.38. The summed E-state index contributed by atoms with van der Waals surface area (Å²) in [6.07, 6.45) is -1.15. The molecule has 1 aromatic carbocycles. The van der Waals surface area contributed by atoms with Gasteiger partial charge in [0.15, 0.2) is 17.3 Å². The predicted octanol–water partition coefficient (Wildman–Crippen LogP) is 2.21. The average Bonchev–Trinajstić information content (AvgIpc) is 2.69. The molecule has 0 aliphatic heterocycles. The van der Waals surface area contributed by atoms with Gasteiger partial charge in [-0.05, 0) is 30.6 Å². The van der Waals surface area contributed by atoms with Gasteiger partial charge in [-0.3, -0.25) is 4.90 Å². The van der Waals surface area contributed by atoms with Crippen molar-refractivity contribution < 1.29 is 20.1 Å². The minimum atomic E-state index is -1.15. The summed E-state index contributed by atoms with van der Waals surface area (Å²) in [5, 5.41) is 28.4. The molecular weight excluding hydrogens is 244 g/mol. The van der Waals surface area contributed by atoms with E-state index in [-0.39, 0.29) is 29.2 Å². The van der Waals surface area contributed by atoms with Crippen molar-refractivity contribution in [1.82, 2.24) is 4.37 Å². The lowest BCUT2D eigenvalue weighted by molar-refractivity contribution is 0.202. The Kier molecular flexibility index (Phi) is 2.76. The number of fused-ring (bicyclic) bond motifs is 1. The van der Waals surface area contributed by atoms with Crippen molar-refractivity contribution in [3.05, 3.63) is 12.1 Å². The van der Waals surface area contributed by atoms with Crippen molar-refractivity contribution in [2.24, 2.45) is 0 Å².